The van der Waals surface area contributed by atoms with Gasteiger partial charge in [0.05, 0.1) is 13.8 Å². The van der Waals surface area contributed by atoms with Crippen molar-refractivity contribution in [1.29, 1.82) is 0 Å². The van der Waals surface area contributed by atoms with Crippen LogP contribution in [0.1, 0.15) is 18.0 Å². The van der Waals surface area contributed by atoms with Crippen molar-refractivity contribution in [1.82, 2.24) is 0 Å². The van der Waals surface area contributed by atoms with Gasteiger partial charge in [-0.1, -0.05) is 6.07 Å². The van der Waals surface area contributed by atoms with Crippen molar-refractivity contribution in [2.45, 2.75) is 18.8 Å². The Kier molecular flexibility index (Phi) is 4.77. The van der Waals surface area contributed by atoms with E-state index in [0.29, 0.717) is 5.56 Å². The molecule has 2 N–H and O–H groups in total. The smallest absolute Gasteiger partial charge is 0.496 e. The van der Waals surface area contributed by atoms with Crippen LogP contribution in [0.2, 0.25) is 0 Å². The Labute approximate surface area is 101 Å². The van der Waals surface area contributed by atoms with Crippen LogP contribution < -0.4 is 15.2 Å². The Hall–Kier alpha value is -1.50. The van der Waals surface area contributed by atoms with Crippen molar-refractivity contribution >= 4 is 0 Å². The van der Waals surface area contributed by atoms with E-state index in [4.69, 9.17) is 10.5 Å². The first kappa shape index (κ1) is 14.6. The fourth-order valence-electron chi connectivity index (χ4n) is 1.47. The number of hydrogen-bond acceptors (Lipinski definition) is 3. The van der Waals surface area contributed by atoms with Crippen molar-refractivity contribution in [3.05, 3.63) is 23.8 Å². The average Bonchev–Trinajstić information content (AvgIpc) is 2.27. The van der Waals surface area contributed by atoms with Gasteiger partial charge in [-0.15, -0.1) is 13.2 Å². The summed E-state index contributed by atoms with van der Waals surface area (Å²) in [7, 11) is 1.29. The second-order valence-electron chi connectivity index (χ2n) is 3.54. The molecule has 0 saturated heterocycles. The van der Waals surface area contributed by atoms with Crippen molar-refractivity contribution in [2.75, 3.05) is 13.8 Å². The van der Waals surface area contributed by atoms with Gasteiger partial charge in [0.1, 0.15) is 11.5 Å². The molecule has 0 saturated carbocycles. The second kappa shape index (κ2) is 5.90. The lowest BCUT2D eigenvalue weighted by Crippen LogP contribution is -2.17. The van der Waals surface area contributed by atoms with Crippen LogP contribution in [0.25, 0.3) is 0 Å². The van der Waals surface area contributed by atoms with Crippen LogP contribution in [-0.2, 0) is 0 Å². The summed E-state index contributed by atoms with van der Waals surface area (Å²) in [6, 6.07) is 2.88. The van der Waals surface area contributed by atoms with Gasteiger partial charge >= 0.3 is 6.36 Å². The third-order valence-corrected chi connectivity index (χ3v) is 2.26. The van der Waals surface area contributed by atoms with Gasteiger partial charge in [0.2, 0.25) is 0 Å². The second-order valence-corrected chi connectivity index (χ2v) is 3.54. The number of rotatable bonds is 5. The molecule has 0 fully saturated rings. The van der Waals surface area contributed by atoms with Gasteiger partial charge in [0.15, 0.2) is 0 Å². The number of ether oxygens (including phenoxy) is 2. The topological polar surface area (TPSA) is 44.5 Å². The molecule has 0 aliphatic heterocycles. The summed E-state index contributed by atoms with van der Waals surface area (Å²) in [5.41, 5.74) is 6.11. The van der Waals surface area contributed by atoms with Gasteiger partial charge in [-0.05, 0) is 12.5 Å². The standard InChI is InChI=1S/C11H13F4NO2/c1-17-10-6-7(18-11(13,14)15)2-3-8(10)9(16)4-5-12/h2-3,6,9H,4-5,16H2,1H3/t9-/m0/s1. The maximum absolute atomic E-state index is 12.2. The number of halogens is 4. The quantitative estimate of drug-likeness (QED) is 0.834. The Morgan fingerprint density at radius 2 is 2.00 bits per heavy atom. The predicted molar refractivity (Wildman–Crippen MR) is 57.2 cm³/mol. The van der Waals surface area contributed by atoms with Crippen LogP contribution in [0.15, 0.2) is 18.2 Å². The Morgan fingerprint density at radius 1 is 1.33 bits per heavy atom. The van der Waals surface area contributed by atoms with E-state index in [2.05, 4.69) is 4.74 Å². The van der Waals surface area contributed by atoms with E-state index in [9.17, 15) is 17.6 Å². The maximum atomic E-state index is 12.2. The van der Waals surface area contributed by atoms with Crippen molar-refractivity contribution < 1.29 is 27.0 Å². The van der Waals surface area contributed by atoms with Crippen molar-refractivity contribution in [3.63, 3.8) is 0 Å². The van der Waals surface area contributed by atoms with E-state index in [-0.39, 0.29) is 12.2 Å². The van der Waals surface area contributed by atoms with E-state index in [1.807, 2.05) is 0 Å². The Balaban J connectivity index is 2.96. The highest BCUT2D eigenvalue weighted by Crippen LogP contribution is 2.32. The Morgan fingerprint density at radius 3 is 2.50 bits per heavy atom. The molecule has 0 aliphatic carbocycles. The van der Waals surface area contributed by atoms with Crippen LogP contribution in [0.4, 0.5) is 17.6 Å². The van der Waals surface area contributed by atoms with Gasteiger partial charge in [-0.2, -0.15) is 0 Å². The lowest BCUT2D eigenvalue weighted by molar-refractivity contribution is -0.274. The van der Waals surface area contributed by atoms with E-state index < -0.39 is 24.8 Å². The van der Waals surface area contributed by atoms with Gasteiger partial charge in [-0.3, -0.25) is 4.39 Å². The fourth-order valence-corrected chi connectivity index (χ4v) is 1.47. The average molecular weight is 267 g/mol. The summed E-state index contributed by atoms with van der Waals surface area (Å²) in [5, 5.41) is 0. The Bertz CT molecular complexity index is 395. The molecule has 0 unspecified atom stereocenters. The van der Waals surface area contributed by atoms with Gasteiger partial charge in [0, 0.05) is 17.7 Å². The molecule has 0 spiro atoms. The summed E-state index contributed by atoms with van der Waals surface area (Å²) in [6.07, 6.45) is -4.70. The summed E-state index contributed by atoms with van der Waals surface area (Å²) < 4.78 is 56.9. The molecule has 1 rings (SSSR count). The van der Waals surface area contributed by atoms with Crippen LogP contribution in [0.5, 0.6) is 11.5 Å². The molecule has 3 nitrogen and oxygen atoms in total. The summed E-state index contributed by atoms with van der Waals surface area (Å²) in [4.78, 5) is 0. The summed E-state index contributed by atoms with van der Waals surface area (Å²) in [5.74, 6) is -0.270. The SMILES string of the molecule is COc1cc(OC(F)(F)F)ccc1[C@@H](N)CCF. The van der Waals surface area contributed by atoms with Crippen LogP contribution in [0, 0.1) is 0 Å². The molecule has 0 bridgehead atoms. The largest absolute Gasteiger partial charge is 0.573 e. The summed E-state index contributed by atoms with van der Waals surface area (Å²) >= 11 is 0. The van der Waals surface area contributed by atoms with Crippen LogP contribution in [-0.4, -0.2) is 20.1 Å². The number of methoxy groups -OCH3 is 1. The number of hydrogen-bond donors (Lipinski definition) is 1. The normalized spacial score (nSPS) is 13.2. The first-order chi connectivity index (χ1) is 8.37. The molecule has 0 amide bonds. The lowest BCUT2D eigenvalue weighted by Gasteiger charge is -2.16. The predicted octanol–water partition coefficient (Wildman–Crippen LogP) is 2.95. The zero-order valence-corrected chi connectivity index (χ0v) is 9.63. The third kappa shape index (κ3) is 4.06. The fraction of sp³-hybridized carbons (Fsp3) is 0.455. The zero-order chi connectivity index (χ0) is 13.8. The van der Waals surface area contributed by atoms with E-state index in [1.54, 1.807) is 0 Å². The summed E-state index contributed by atoms with van der Waals surface area (Å²) in [6.45, 7) is -0.620. The molecule has 102 valence electrons. The molecule has 1 aromatic carbocycles. The highest BCUT2D eigenvalue weighted by molar-refractivity contribution is 5.42. The molecule has 0 heterocycles. The number of alkyl halides is 4. The van der Waals surface area contributed by atoms with Crippen molar-refractivity contribution in [2.24, 2.45) is 5.73 Å². The van der Waals surface area contributed by atoms with Gasteiger partial charge in [0.25, 0.3) is 0 Å². The number of benzene rings is 1. The first-order valence-electron chi connectivity index (χ1n) is 5.12. The zero-order valence-electron chi connectivity index (χ0n) is 9.63. The lowest BCUT2D eigenvalue weighted by atomic mass is 10.0. The molecule has 0 aliphatic rings. The van der Waals surface area contributed by atoms with Crippen LogP contribution in [0.3, 0.4) is 0 Å². The van der Waals surface area contributed by atoms with E-state index in [0.717, 1.165) is 12.1 Å². The highest BCUT2D eigenvalue weighted by atomic mass is 19.4. The highest BCUT2D eigenvalue weighted by Gasteiger charge is 2.31. The molecule has 7 heteroatoms. The van der Waals surface area contributed by atoms with Gasteiger partial charge in [-0.25, -0.2) is 0 Å². The first-order valence-corrected chi connectivity index (χ1v) is 5.12. The molecule has 1 atom stereocenters. The number of nitrogens with two attached hydrogens (primary N) is 1. The molecule has 0 aromatic heterocycles. The molecular formula is C11H13F4NO2. The third-order valence-electron chi connectivity index (χ3n) is 2.26. The monoisotopic (exact) mass is 267 g/mol. The minimum Gasteiger partial charge on any atom is -0.496 e. The van der Waals surface area contributed by atoms with Gasteiger partial charge < -0.3 is 15.2 Å². The minimum atomic E-state index is -4.77. The molecule has 18 heavy (non-hydrogen) atoms. The van der Waals surface area contributed by atoms with Crippen molar-refractivity contribution in [3.8, 4) is 11.5 Å². The van der Waals surface area contributed by atoms with E-state index >= 15 is 0 Å². The minimum absolute atomic E-state index is 0.0653. The molecule has 1 aromatic rings. The molecule has 0 radical (unpaired) electrons. The molecular weight excluding hydrogens is 254 g/mol. The van der Waals surface area contributed by atoms with E-state index in [1.165, 1.54) is 13.2 Å². The maximum Gasteiger partial charge on any atom is 0.573 e. The van der Waals surface area contributed by atoms with Crippen LogP contribution >= 0.6 is 0 Å².